The number of hydrogen-bond donors (Lipinski definition) is 1. The van der Waals surface area contributed by atoms with Gasteiger partial charge in [0.05, 0.1) is 23.8 Å². The van der Waals surface area contributed by atoms with Gasteiger partial charge in [0.25, 0.3) is 10.0 Å². The molecule has 5 nitrogen and oxygen atoms in total. The lowest BCUT2D eigenvalue weighted by molar-refractivity contribution is 0.287. The molecule has 0 bridgehead atoms. The highest BCUT2D eigenvalue weighted by Gasteiger charge is 2.19. The molecule has 2 aromatic carbocycles. The molecule has 1 N–H and O–H groups in total. The molecule has 0 heterocycles. The molecule has 0 saturated heterocycles. The number of nitrogens with one attached hydrogen (secondary N) is 1. The minimum absolute atomic E-state index is 0.143. The topological polar surface area (TPSA) is 64.6 Å². The van der Waals surface area contributed by atoms with Gasteiger partial charge in [-0.2, -0.15) is 0 Å². The number of aryl methyl sites for hydroxylation is 2. The van der Waals surface area contributed by atoms with Crippen LogP contribution in [0.15, 0.2) is 41.3 Å². The number of sulfonamides is 1. The van der Waals surface area contributed by atoms with Crippen molar-refractivity contribution in [3.05, 3.63) is 47.5 Å². The molecule has 2 rings (SSSR count). The molecule has 0 aliphatic carbocycles. The van der Waals surface area contributed by atoms with Crippen LogP contribution in [0.25, 0.3) is 0 Å². The van der Waals surface area contributed by atoms with E-state index in [1.807, 2.05) is 45.9 Å². The lowest BCUT2D eigenvalue weighted by Gasteiger charge is -2.16. The Hall–Kier alpha value is -2.21. The first-order valence-corrected chi connectivity index (χ1v) is 9.92. The first-order valence-electron chi connectivity index (χ1n) is 8.43. The van der Waals surface area contributed by atoms with Crippen LogP contribution in [0, 0.1) is 6.92 Å². The van der Waals surface area contributed by atoms with E-state index in [4.69, 9.17) is 9.47 Å². The smallest absolute Gasteiger partial charge is 0.262 e. The van der Waals surface area contributed by atoms with E-state index in [0.29, 0.717) is 30.4 Å². The van der Waals surface area contributed by atoms with E-state index in [1.54, 1.807) is 6.07 Å². The monoisotopic (exact) mass is 363 g/mol. The van der Waals surface area contributed by atoms with Crippen molar-refractivity contribution in [1.29, 1.82) is 0 Å². The number of rotatable bonds is 8. The fourth-order valence-electron chi connectivity index (χ4n) is 2.56. The van der Waals surface area contributed by atoms with Crippen molar-refractivity contribution in [3.8, 4) is 11.5 Å². The van der Waals surface area contributed by atoms with E-state index in [-0.39, 0.29) is 4.90 Å². The molecule has 0 spiro atoms. The third-order valence-corrected chi connectivity index (χ3v) is 5.15. The lowest BCUT2D eigenvalue weighted by atomic mass is 10.1. The largest absolute Gasteiger partial charge is 0.490 e. The van der Waals surface area contributed by atoms with E-state index in [1.165, 1.54) is 12.1 Å². The maximum Gasteiger partial charge on any atom is 0.262 e. The Morgan fingerprint density at radius 1 is 0.960 bits per heavy atom. The second-order valence-corrected chi connectivity index (χ2v) is 7.23. The summed E-state index contributed by atoms with van der Waals surface area (Å²) in [5.74, 6) is 0.959. The maximum atomic E-state index is 12.8. The van der Waals surface area contributed by atoms with Crippen molar-refractivity contribution in [2.75, 3.05) is 17.9 Å². The molecule has 0 aromatic heterocycles. The third kappa shape index (κ3) is 4.45. The van der Waals surface area contributed by atoms with Crippen LogP contribution in [-0.4, -0.2) is 21.6 Å². The van der Waals surface area contributed by atoms with Crippen molar-refractivity contribution in [1.82, 2.24) is 0 Å². The van der Waals surface area contributed by atoms with Crippen LogP contribution in [0.4, 0.5) is 5.69 Å². The van der Waals surface area contributed by atoms with Gasteiger partial charge in [0.15, 0.2) is 11.5 Å². The predicted molar refractivity (Wildman–Crippen MR) is 100 cm³/mol. The minimum atomic E-state index is -3.73. The van der Waals surface area contributed by atoms with Gasteiger partial charge in [-0.25, -0.2) is 8.42 Å². The van der Waals surface area contributed by atoms with Crippen molar-refractivity contribution in [2.24, 2.45) is 0 Å². The summed E-state index contributed by atoms with van der Waals surface area (Å²) in [4.78, 5) is 0.143. The number of para-hydroxylation sites is 1. The summed E-state index contributed by atoms with van der Waals surface area (Å²) in [5.41, 5.74) is 2.48. The Balaban J connectivity index is 2.42. The van der Waals surface area contributed by atoms with Crippen LogP contribution in [0.5, 0.6) is 11.5 Å². The lowest BCUT2D eigenvalue weighted by Crippen LogP contribution is -2.15. The summed E-state index contributed by atoms with van der Waals surface area (Å²) in [5, 5.41) is 0. The molecule has 6 heteroatoms. The minimum Gasteiger partial charge on any atom is -0.490 e. The van der Waals surface area contributed by atoms with Gasteiger partial charge in [-0.15, -0.1) is 0 Å². The van der Waals surface area contributed by atoms with Gasteiger partial charge in [-0.3, -0.25) is 4.72 Å². The molecule has 0 radical (unpaired) electrons. The predicted octanol–water partition coefficient (Wildman–Crippen LogP) is 4.16. The fraction of sp³-hybridized carbons (Fsp3) is 0.368. The van der Waals surface area contributed by atoms with E-state index < -0.39 is 10.0 Å². The zero-order chi connectivity index (χ0) is 18.4. The van der Waals surface area contributed by atoms with Crippen molar-refractivity contribution >= 4 is 15.7 Å². The highest BCUT2D eigenvalue weighted by molar-refractivity contribution is 7.92. The summed E-state index contributed by atoms with van der Waals surface area (Å²) in [6, 6.07) is 10.4. The Morgan fingerprint density at radius 3 is 2.28 bits per heavy atom. The van der Waals surface area contributed by atoms with Crippen LogP contribution >= 0.6 is 0 Å². The summed E-state index contributed by atoms with van der Waals surface area (Å²) in [6.45, 7) is 8.50. The van der Waals surface area contributed by atoms with Crippen LogP contribution in [-0.2, 0) is 16.4 Å². The SMILES string of the molecule is CCOc1ccc(S(=O)(=O)Nc2c(C)cccc2CC)cc1OCC. The second kappa shape index (κ2) is 8.25. The molecule has 136 valence electrons. The number of benzene rings is 2. The van der Waals surface area contributed by atoms with Crippen molar-refractivity contribution in [2.45, 2.75) is 39.0 Å². The number of anilines is 1. The van der Waals surface area contributed by atoms with Gasteiger partial charge in [-0.05, 0) is 50.5 Å². The van der Waals surface area contributed by atoms with Crippen LogP contribution in [0.3, 0.4) is 0 Å². The van der Waals surface area contributed by atoms with Crippen molar-refractivity contribution < 1.29 is 17.9 Å². The van der Waals surface area contributed by atoms with Gasteiger partial charge < -0.3 is 9.47 Å². The third-order valence-electron chi connectivity index (χ3n) is 3.80. The molecule has 0 unspecified atom stereocenters. The molecule has 0 saturated carbocycles. The number of ether oxygens (including phenoxy) is 2. The summed E-state index contributed by atoms with van der Waals surface area (Å²) in [6.07, 6.45) is 0.743. The molecule has 2 aromatic rings. The molecule has 0 aliphatic heterocycles. The van der Waals surface area contributed by atoms with E-state index in [9.17, 15) is 8.42 Å². The van der Waals surface area contributed by atoms with Gasteiger partial charge in [-0.1, -0.05) is 25.1 Å². The molecule has 0 fully saturated rings. The zero-order valence-corrected chi connectivity index (χ0v) is 15.9. The van der Waals surface area contributed by atoms with Gasteiger partial charge >= 0.3 is 0 Å². The molecule has 0 atom stereocenters. The van der Waals surface area contributed by atoms with E-state index >= 15 is 0 Å². The Bertz CT molecular complexity index is 831. The van der Waals surface area contributed by atoms with E-state index in [0.717, 1.165) is 17.5 Å². The van der Waals surface area contributed by atoms with Gasteiger partial charge in [0.2, 0.25) is 0 Å². The summed E-state index contributed by atoms with van der Waals surface area (Å²) < 4.78 is 39.4. The average molecular weight is 363 g/mol. The average Bonchev–Trinajstić information content (AvgIpc) is 2.58. The first kappa shape index (κ1) is 19.1. The Morgan fingerprint density at radius 2 is 1.64 bits per heavy atom. The van der Waals surface area contributed by atoms with E-state index in [2.05, 4.69) is 4.72 Å². The normalized spacial score (nSPS) is 11.2. The number of hydrogen-bond acceptors (Lipinski definition) is 4. The fourth-order valence-corrected chi connectivity index (χ4v) is 3.75. The first-order chi connectivity index (χ1) is 11.9. The van der Waals surface area contributed by atoms with Crippen LogP contribution < -0.4 is 14.2 Å². The molecule has 0 amide bonds. The quantitative estimate of drug-likeness (QED) is 0.765. The van der Waals surface area contributed by atoms with Crippen LogP contribution in [0.1, 0.15) is 31.9 Å². The molecule has 0 aliphatic rings. The standard InChI is InChI=1S/C19H25NO4S/c1-5-15-10-8-9-14(4)19(15)20-25(21,22)16-11-12-17(23-6-2)18(13-16)24-7-3/h8-13,20H,5-7H2,1-4H3. The Kier molecular flexibility index (Phi) is 6.31. The Labute approximate surface area is 150 Å². The maximum absolute atomic E-state index is 12.8. The van der Waals surface area contributed by atoms with Gasteiger partial charge in [0, 0.05) is 6.07 Å². The molecular formula is C19H25NO4S. The second-order valence-electron chi connectivity index (χ2n) is 5.54. The zero-order valence-electron chi connectivity index (χ0n) is 15.1. The molecule has 25 heavy (non-hydrogen) atoms. The molecular weight excluding hydrogens is 338 g/mol. The highest BCUT2D eigenvalue weighted by atomic mass is 32.2. The summed E-state index contributed by atoms with van der Waals surface area (Å²) >= 11 is 0. The summed E-state index contributed by atoms with van der Waals surface area (Å²) in [7, 11) is -3.73. The highest BCUT2D eigenvalue weighted by Crippen LogP contribution is 2.32. The van der Waals surface area contributed by atoms with Crippen LogP contribution in [0.2, 0.25) is 0 Å². The van der Waals surface area contributed by atoms with Crippen molar-refractivity contribution in [3.63, 3.8) is 0 Å². The van der Waals surface area contributed by atoms with Gasteiger partial charge in [0.1, 0.15) is 0 Å².